The number of hydrogen-bond acceptors (Lipinski definition) is 4. The second-order valence-electron chi connectivity index (χ2n) is 3.17. The van der Waals surface area contributed by atoms with Crippen molar-refractivity contribution in [3.63, 3.8) is 0 Å². The predicted molar refractivity (Wildman–Crippen MR) is 57.9 cm³/mol. The summed E-state index contributed by atoms with van der Waals surface area (Å²) in [5.74, 6) is -0.376. The summed E-state index contributed by atoms with van der Waals surface area (Å²) in [7, 11) is 0. The Morgan fingerprint density at radius 1 is 1.75 bits per heavy atom. The molecule has 0 aliphatic rings. The average Bonchev–Trinajstić information content (AvgIpc) is 2.78. The predicted octanol–water partition coefficient (Wildman–Crippen LogP) is 0.628. The van der Waals surface area contributed by atoms with E-state index in [1.54, 1.807) is 0 Å². The van der Waals surface area contributed by atoms with Crippen LogP contribution in [0, 0.1) is 11.3 Å². The molecule has 0 spiro atoms. The van der Waals surface area contributed by atoms with Crippen molar-refractivity contribution in [3.8, 4) is 6.07 Å². The van der Waals surface area contributed by atoms with Crippen LogP contribution < -0.4 is 5.32 Å². The average molecular weight is 219 g/mol. The first-order valence-corrected chi connectivity index (χ1v) is 5.03. The van der Waals surface area contributed by atoms with Gasteiger partial charge in [-0.3, -0.25) is 4.79 Å². The number of nitrogens with zero attached hydrogens (tertiary/aromatic N) is 3. The van der Waals surface area contributed by atoms with Crippen molar-refractivity contribution in [2.75, 3.05) is 6.54 Å². The Labute approximate surface area is 93.4 Å². The first kappa shape index (κ1) is 11.9. The Bertz CT molecular complexity index is 401. The third-order valence-electron chi connectivity index (χ3n) is 1.91. The van der Waals surface area contributed by atoms with Crippen LogP contribution in [0.5, 0.6) is 0 Å². The van der Waals surface area contributed by atoms with E-state index in [-0.39, 0.29) is 11.5 Å². The molecule has 0 aliphatic heterocycles. The summed E-state index contributed by atoms with van der Waals surface area (Å²) in [5.41, 5.74) is 0.493. The molecule has 1 amide bonds. The molecule has 0 aromatic carbocycles. The SMILES string of the molecule is CCCCNC(=O)C(C#N)=Cc1cn[nH]n1. The molecule has 0 fully saturated rings. The zero-order valence-corrected chi connectivity index (χ0v) is 9.03. The van der Waals surface area contributed by atoms with Crippen LogP contribution in [0.3, 0.4) is 0 Å². The van der Waals surface area contributed by atoms with Crippen LogP contribution in [0.2, 0.25) is 0 Å². The van der Waals surface area contributed by atoms with Gasteiger partial charge in [0.05, 0.1) is 6.20 Å². The number of hydrogen-bond donors (Lipinski definition) is 2. The van der Waals surface area contributed by atoms with Gasteiger partial charge in [-0.2, -0.15) is 20.7 Å². The zero-order valence-electron chi connectivity index (χ0n) is 9.03. The standard InChI is InChI=1S/C10H13N5O/c1-2-3-4-12-10(16)8(6-11)5-9-7-13-15-14-9/h5,7H,2-4H2,1H3,(H,12,16)(H,13,14,15). The van der Waals surface area contributed by atoms with Gasteiger partial charge >= 0.3 is 0 Å². The van der Waals surface area contributed by atoms with Crippen molar-refractivity contribution in [3.05, 3.63) is 17.5 Å². The molecule has 0 aliphatic carbocycles. The summed E-state index contributed by atoms with van der Waals surface area (Å²) >= 11 is 0. The van der Waals surface area contributed by atoms with Gasteiger partial charge in [0.15, 0.2) is 0 Å². The molecule has 0 saturated carbocycles. The van der Waals surface area contributed by atoms with Crippen molar-refractivity contribution >= 4 is 12.0 Å². The first-order valence-electron chi connectivity index (χ1n) is 5.03. The number of amides is 1. The maximum Gasteiger partial charge on any atom is 0.262 e. The van der Waals surface area contributed by atoms with E-state index >= 15 is 0 Å². The molecule has 0 bridgehead atoms. The zero-order chi connectivity index (χ0) is 11.8. The number of unbranched alkanes of at least 4 members (excludes halogenated alkanes) is 1. The number of carbonyl (C=O) groups is 1. The Morgan fingerprint density at radius 3 is 3.12 bits per heavy atom. The van der Waals surface area contributed by atoms with E-state index in [0.717, 1.165) is 12.8 Å². The normalized spacial score (nSPS) is 10.9. The minimum Gasteiger partial charge on any atom is -0.351 e. The topological polar surface area (TPSA) is 94.5 Å². The highest BCUT2D eigenvalue weighted by atomic mass is 16.1. The van der Waals surface area contributed by atoms with Crippen molar-refractivity contribution in [2.24, 2.45) is 0 Å². The Hall–Kier alpha value is -2.16. The molecule has 6 heteroatoms. The van der Waals surface area contributed by atoms with Crippen LogP contribution in [0.1, 0.15) is 25.5 Å². The maximum absolute atomic E-state index is 11.5. The summed E-state index contributed by atoms with van der Waals surface area (Å²) in [4.78, 5) is 11.5. The molecule has 0 saturated heterocycles. The van der Waals surface area contributed by atoms with E-state index in [0.29, 0.717) is 12.2 Å². The molecule has 1 heterocycles. The second-order valence-corrected chi connectivity index (χ2v) is 3.17. The van der Waals surface area contributed by atoms with E-state index in [4.69, 9.17) is 5.26 Å². The van der Waals surface area contributed by atoms with E-state index < -0.39 is 0 Å². The molecule has 0 radical (unpaired) electrons. The van der Waals surface area contributed by atoms with Gasteiger partial charge in [-0.05, 0) is 12.5 Å². The Morgan fingerprint density at radius 2 is 2.56 bits per heavy atom. The number of H-pyrrole nitrogens is 1. The van der Waals surface area contributed by atoms with Gasteiger partial charge in [-0.1, -0.05) is 13.3 Å². The van der Waals surface area contributed by atoms with Gasteiger partial charge < -0.3 is 5.32 Å². The molecule has 2 N–H and O–H groups in total. The molecule has 84 valence electrons. The summed E-state index contributed by atoms with van der Waals surface area (Å²) in [5, 5.41) is 21.2. The maximum atomic E-state index is 11.5. The van der Waals surface area contributed by atoms with Gasteiger partial charge in [0, 0.05) is 6.54 Å². The lowest BCUT2D eigenvalue weighted by molar-refractivity contribution is -0.117. The minimum atomic E-state index is -0.376. The van der Waals surface area contributed by atoms with E-state index in [2.05, 4.69) is 20.7 Å². The first-order chi connectivity index (χ1) is 7.77. The molecule has 6 nitrogen and oxygen atoms in total. The summed E-state index contributed by atoms with van der Waals surface area (Å²) in [6, 6.07) is 1.83. The van der Waals surface area contributed by atoms with E-state index in [1.807, 2.05) is 13.0 Å². The van der Waals surface area contributed by atoms with Crippen LogP contribution in [0.15, 0.2) is 11.8 Å². The van der Waals surface area contributed by atoms with Crippen molar-refractivity contribution < 1.29 is 4.79 Å². The molecule has 16 heavy (non-hydrogen) atoms. The highest BCUT2D eigenvalue weighted by Crippen LogP contribution is 2.01. The molecule has 0 unspecified atom stereocenters. The summed E-state index contributed by atoms with van der Waals surface area (Å²) < 4.78 is 0. The number of rotatable bonds is 5. The smallest absolute Gasteiger partial charge is 0.262 e. The van der Waals surface area contributed by atoms with Gasteiger partial charge in [0.1, 0.15) is 17.3 Å². The Balaban J connectivity index is 2.61. The van der Waals surface area contributed by atoms with Crippen molar-refractivity contribution in [1.29, 1.82) is 5.26 Å². The fourth-order valence-electron chi connectivity index (χ4n) is 1.05. The monoisotopic (exact) mass is 219 g/mol. The van der Waals surface area contributed by atoms with Gasteiger partial charge in [0.25, 0.3) is 5.91 Å². The lowest BCUT2D eigenvalue weighted by Crippen LogP contribution is -2.25. The summed E-state index contributed by atoms with van der Waals surface area (Å²) in [6.07, 6.45) is 4.73. The lowest BCUT2D eigenvalue weighted by atomic mass is 10.2. The minimum absolute atomic E-state index is 0.0324. The number of carbonyl (C=O) groups excluding carboxylic acids is 1. The third-order valence-corrected chi connectivity index (χ3v) is 1.91. The lowest BCUT2D eigenvalue weighted by Gasteiger charge is -2.01. The second kappa shape index (κ2) is 6.35. The molecule has 1 aromatic rings. The largest absolute Gasteiger partial charge is 0.351 e. The highest BCUT2D eigenvalue weighted by molar-refractivity contribution is 6.01. The van der Waals surface area contributed by atoms with Gasteiger partial charge in [0.2, 0.25) is 0 Å². The van der Waals surface area contributed by atoms with Crippen molar-refractivity contribution in [1.82, 2.24) is 20.7 Å². The van der Waals surface area contributed by atoms with Crippen LogP contribution in [0.25, 0.3) is 6.08 Å². The number of nitriles is 1. The number of aromatic amines is 1. The molecular formula is C10H13N5O. The van der Waals surface area contributed by atoms with Crippen LogP contribution in [0.4, 0.5) is 0 Å². The number of aromatic nitrogens is 3. The fraction of sp³-hybridized carbons (Fsp3) is 0.400. The quantitative estimate of drug-likeness (QED) is 0.431. The third kappa shape index (κ3) is 3.53. The van der Waals surface area contributed by atoms with E-state index in [1.165, 1.54) is 12.3 Å². The summed E-state index contributed by atoms with van der Waals surface area (Å²) in [6.45, 7) is 2.61. The van der Waals surface area contributed by atoms with Crippen LogP contribution in [-0.2, 0) is 4.79 Å². The van der Waals surface area contributed by atoms with Crippen molar-refractivity contribution in [2.45, 2.75) is 19.8 Å². The van der Waals surface area contributed by atoms with Crippen LogP contribution >= 0.6 is 0 Å². The highest BCUT2D eigenvalue weighted by Gasteiger charge is 2.08. The van der Waals surface area contributed by atoms with Crippen LogP contribution in [-0.4, -0.2) is 27.9 Å². The fourth-order valence-corrected chi connectivity index (χ4v) is 1.05. The Kier molecular flexibility index (Phi) is 4.73. The molecule has 0 atom stereocenters. The van der Waals surface area contributed by atoms with E-state index in [9.17, 15) is 4.79 Å². The molecular weight excluding hydrogens is 206 g/mol. The van der Waals surface area contributed by atoms with Gasteiger partial charge in [-0.15, -0.1) is 0 Å². The van der Waals surface area contributed by atoms with Gasteiger partial charge in [-0.25, -0.2) is 0 Å². The molecule has 1 rings (SSSR count). The number of nitrogens with one attached hydrogen (secondary N) is 2. The molecule has 1 aromatic heterocycles.